The first-order valence-corrected chi connectivity index (χ1v) is 12.2. The first-order valence-electron chi connectivity index (χ1n) is 12.2. The molecule has 4 rings (SSSR count). The molecule has 4 aromatic rings. The average molecular weight is 579 g/mol. The quantitative estimate of drug-likeness (QED) is 0.147. The molecule has 1 unspecified atom stereocenters. The minimum absolute atomic E-state index is 0.0431. The lowest BCUT2D eigenvalue weighted by molar-refractivity contribution is -0.189. The summed E-state index contributed by atoms with van der Waals surface area (Å²) in [6, 6.07) is 10.5. The predicted molar refractivity (Wildman–Crippen MR) is 138 cm³/mol. The van der Waals surface area contributed by atoms with E-state index in [1.807, 2.05) is 0 Å². The van der Waals surface area contributed by atoms with Crippen LogP contribution in [0.1, 0.15) is 17.5 Å². The molecule has 214 valence electrons. The smallest absolute Gasteiger partial charge is 0.429 e. The number of ether oxygens (including phenoxy) is 1. The second kappa shape index (κ2) is 12.1. The maximum atomic E-state index is 14.9. The topological polar surface area (TPSA) is 59.1 Å². The molecule has 0 spiro atoms. The van der Waals surface area contributed by atoms with Gasteiger partial charge in [0.25, 0.3) is 0 Å². The Morgan fingerprint density at radius 1 is 0.707 bits per heavy atom. The van der Waals surface area contributed by atoms with Gasteiger partial charge in [-0.25, -0.2) is 26.3 Å². The van der Waals surface area contributed by atoms with E-state index in [0.29, 0.717) is 61.3 Å². The molecule has 0 saturated heterocycles. The molecule has 0 bridgehead atoms. The fourth-order valence-electron chi connectivity index (χ4n) is 4.24. The number of halogens is 8. The molecule has 3 N–H and O–H groups in total. The Morgan fingerprint density at radius 3 is 1.80 bits per heavy atom. The van der Waals surface area contributed by atoms with Crippen LogP contribution in [-0.4, -0.2) is 12.8 Å². The van der Waals surface area contributed by atoms with E-state index in [0.717, 1.165) is 11.6 Å². The van der Waals surface area contributed by atoms with Gasteiger partial charge in [0, 0.05) is 24.6 Å². The second-order valence-electron chi connectivity index (χ2n) is 9.22. The minimum atomic E-state index is -4.69. The van der Waals surface area contributed by atoms with Crippen LogP contribution in [0.25, 0.3) is 22.3 Å². The van der Waals surface area contributed by atoms with E-state index < -0.39 is 63.5 Å². The molecule has 41 heavy (non-hydrogen) atoms. The maximum Gasteiger partial charge on any atom is 0.432 e. The van der Waals surface area contributed by atoms with E-state index >= 15 is 0 Å². The van der Waals surface area contributed by atoms with Crippen LogP contribution in [0.2, 0.25) is 0 Å². The Balaban J connectivity index is 1.56. The van der Waals surface area contributed by atoms with Crippen molar-refractivity contribution in [3.05, 3.63) is 113 Å². The van der Waals surface area contributed by atoms with Crippen molar-refractivity contribution >= 4 is 6.21 Å². The summed E-state index contributed by atoms with van der Waals surface area (Å²) in [5.41, 5.74) is 3.71. The van der Waals surface area contributed by atoms with Gasteiger partial charge in [0.15, 0.2) is 11.6 Å². The summed E-state index contributed by atoms with van der Waals surface area (Å²) in [5, 5.41) is 7.31. The van der Waals surface area contributed by atoms with E-state index in [2.05, 4.69) is 4.74 Å². The maximum absolute atomic E-state index is 14.9. The number of aryl methyl sites for hydroxylation is 1. The summed E-state index contributed by atoms with van der Waals surface area (Å²) >= 11 is 0. The first-order chi connectivity index (χ1) is 19.4. The molecule has 4 aromatic carbocycles. The summed E-state index contributed by atoms with van der Waals surface area (Å²) in [5.74, 6) is -10.1. The summed E-state index contributed by atoms with van der Waals surface area (Å²) in [6.07, 6.45) is -2.19. The Bertz CT molecular complexity index is 1530. The molecule has 0 amide bonds. The Morgan fingerprint density at radius 2 is 1.27 bits per heavy atom. The van der Waals surface area contributed by atoms with Crippen molar-refractivity contribution in [3.63, 3.8) is 0 Å². The number of nitrogens with two attached hydrogens (primary N) is 1. The number of nitrogens with one attached hydrogen (secondary N) is 1. The fourth-order valence-corrected chi connectivity index (χ4v) is 4.24. The van der Waals surface area contributed by atoms with Crippen LogP contribution in [0.5, 0.6) is 5.75 Å². The zero-order valence-corrected chi connectivity index (χ0v) is 21.1. The number of rotatable bonds is 10. The van der Waals surface area contributed by atoms with Crippen LogP contribution >= 0.6 is 0 Å². The average Bonchev–Trinajstić information content (AvgIpc) is 2.90. The van der Waals surface area contributed by atoms with Crippen molar-refractivity contribution in [1.29, 1.82) is 5.41 Å². The van der Waals surface area contributed by atoms with Crippen LogP contribution in [0.15, 0.2) is 66.7 Å². The van der Waals surface area contributed by atoms with Gasteiger partial charge >= 0.3 is 6.11 Å². The van der Waals surface area contributed by atoms with Gasteiger partial charge in [-0.1, -0.05) is 30.3 Å². The molecule has 1 atom stereocenters. The Labute approximate surface area is 229 Å². The molecule has 0 aliphatic rings. The third kappa shape index (κ3) is 6.57. The zero-order chi connectivity index (χ0) is 29.9. The molecule has 11 heteroatoms. The molecule has 0 fully saturated rings. The molecular formula is C30H22F8N2O. The normalized spacial score (nSPS) is 12.3. The number of alkyl halides is 2. The summed E-state index contributed by atoms with van der Waals surface area (Å²) in [6.45, 7) is 0.327. The molecule has 0 saturated carbocycles. The van der Waals surface area contributed by atoms with Crippen molar-refractivity contribution in [2.75, 3.05) is 6.54 Å². The molecule has 0 aliphatic carbocycles. The van der Waals surface area contributed by atoms with Gasteiger partial charge in [-0.15, -0.1) is 0 Å². The van der Waals surface area contributed by atoms with Crippen LogP contribution in [0.3, 0.4) is 0 Å². The zero-order valence-electron chi connectivity index (χ0n) is 21.1. The second-order valence-corrected chi connectivity index (χ2v) is 9.22. The first kappa shape index (κ1) is 29.7. The van der Waals surface area contributed by atoms with Gasteiger partial charge in [0.2, 0.25) is 0 Å². The van der Waals surface area contributed by atoms with Gasteiger partial charge in [0.05, 0.1) is 5.56 Å². The van der Waals surface area contributed by atoms with Crippen molar-refractivity contribution < 1.29 is 39.9 Å². The van der Waals surface area contributed by atoms with Crippen LogP contribution in [-0.2, 0) is 12.5 Å². The lowest BCUT2D eigenvalue weighted by Gasteiger charge is -2.20. The Hall–Kier alpha value is -4.25. The van der Waals surface area contributed by atoms with Crippen molar-refractivity contribution in [3.8, 4) is 28.0 Å². The highest BCUT2D eigenvalue weighted by Crippen LogP contribution is 2.39. The monoisotopic (exact) mass is 578 g/mol. The van der Waals surface area contributed by atoms with E-state index in [1.165, 1.54) is 6.21 Å². The summed E-state index contributed by atoms with van der Waals surface area (Å²) in [4.78, 5) is 0. The van der Waals surface area contributed by atoms with Crippen LogP contribution < -0.4 is 10.5 Å². The van der Waals surface area contributed by atoms with Crippen molar-refractivity contribution in [1.82, 2.24) is 0 Å². The van der Waals surface area contributed by atoms with Gasteiger partial charge in [-0.2, -0.15) is 8.78 Å². The van der Waals surface area contributed by atoms with Gasteiger partial charge < -0.3 is 15.9 Å². The molecule has 0 radical (unpaired) electrons. The summed E-state index contributed by atoms with van der Waals surface area (Å²) < 4.78 is 120. The number of benzene rings is 4. The third-order valence-electron chi connectivity index (χ3n) is 6.43. The molecule has 0 aromatic heterocycles. The van der Waals surface area contributed by atoms with Gasteiger partial charge in [0.1, 0.15) is 34.6 Å². The SMILES string of the molecule is N=CC(CN)CCc1ccc(-c2cc(F)c(C(F)(F)Oc3cc(F)c(-c4ccc(F)c(F)c4)c(F)c3)c(F)c2)cc1. The highest BCUT2D eigenvalue weighted by atomic mass is 19.3. The van der Waals surface area contributed by atoms with E-state index in [1.54, 1.807) is 24.3 Å². The standard InChI is InChI=1S/C30H22F8N2O/c31-22-8-7-19(9-23(22)32)28-24(33)12-21(13-25(28)34)41-30(37,38)29-26(35)10-20(11-27(29)36)18-5-3-16(4-6-18)1-2-17(14-39)15-40/h3-14,17,39H,1-2,15,40H2. The predicted octanol–water partition coefficient (Wildman–Crippen LogP) is 8.14. The lowest BCUT2D eigenvalue weighted by Crippen LogP contribution is -2.25. The minimum Gasteiger partial charge on any atom is -0.429 e. The number of hydrogen-bond donors (Lipinski definition) is 2. The highest BCUT2D eigenvalue weighted by molar-refractivity contribution is 5.66. The van der Waals surface area contributed by atoms with Gasteiger partial charge in [-0.3, -0.25) is 0 Å². The molecule has 0 heterocycles. The molecular weight excluding hydrogens is 556 g/mol. The highest BCUT2D eigenvalue weighted by Gasteiger charge is 2.41. The van der Waals surface area contributed by atoms with E-state index in [-0.39, 0.29) is 11.5 Å². The van der Waals surface area contributed by atoms with Crippen molar-refractivity contribution in [2.45, 2.75) is 19.0 Å². The third-order valence-corrected chi connectivity index (χ3v) is 6.43. The largest absolute Gasteiger partial charge is 0.432 e. The van der Waals surface area contributed by atoms with Gasteiger partial charge in [-0.05, 0) is 65.6 Å². The fraction of sp³-hybridized carbons (Fsp3) is 0.167. The van der Waals surface area contributed by atoms with Crippen molar-refractivity contribution in [2.24, 2.45) is 11.7 Å². The molecule has 3 nitrogen and oxygen atoms in total. The Kier molecular flexibility index (Phi) is 8.77. The van der Waals surface area contributed by atoms with Crippen LogP contribution in [0.4, 0.5) is 35.1 Å². The van der Waals surface area contributed by atoms with E-state index in [4.69, 9.17) is 11.1 Å². The van der Waals surface area contributed by atoms with E-state index in [9.17, 15) is 35.1 Å². The lowest BCUT2D eigenvalue weighted by atomic mass is 9.97. The molecule has 0 aliphatic heterocycles. The summed E-state index contributed by atoms with van der Waals surface area (Å²) in [7, 11) is 0. The number of hydrogen-bond acceptors (Lipinski definition) is 3. The van der Waals surface area contributed by atoms with Crippen LogP contribution in [0, 0.1) is 46.2 Å².